The Bertz CT molecular complexity index is 648. The van der Waals surface area contributed by atoms with Gasteiger partial charge in [-0.2, -0.15) is 5.26 Å². The number of amides is 1. The van der Waals surface area contributed by atoms with Crippen LogP contribution >= 0.6 is 0 Å². The maximum absolute atomic E-state index is 11.4. The summed E-state index contributed by atoms with van der Waals surface area (Å²) in [7, 11) is 1.47. The average Bonchev–Trinajstić information content (AvgIpc) is 2.75. The molecule has 84 valence electrons. The van der Waals surface area contributed by atoms with Gasteiger partial charge < -0.3 is 5.32 Å². The lowest BCUT2D eigenvalue weighted by Gasteiger charge is -2.04. The van der Waals surface area contributed by atoms with Crippen molar-refractivity contribution >= 4 is 22.6 Å². The summed E-state index contributed by atoms with van der Waals surface area (Å²) in [4.78, 5) is 11.4. The number of carbonyl (C=O) groups is 1. The second kappa shape index (κ2) is 4.10. The molecule has 0 radical (unpaired) electrons. The Morgan fingerprint density at radius 2 is 2.18 bits per heavy atom. The van der Waals surface area contributed by atoms with Crippen molar-refractivity contribution in [2.45, 2.75) is 0 Å². The van der Waals surface area contributed by atoms with Gasteiger partial charge in [0.05, 0.1) is 11.1 Å². The minimum Gasteiger partial charge on any atom is -0.352 e. The molecule has 0 fully saturated rings. The van der Waals surface area contributed by atoms with E-state index in [4.69, 9.17) is 10.7 Å². The normalized spacial score (nSPS) is 9.88. The lowest BCUT2D eigenvalue weighted by atomic mass is 10.2. The zero-order valence-corrected chi connectivity index (χ0v) is 9.19. The number of nitrogens with zero attached hydrogens (tertiary/aromatic N) is 2. The van der Waals surface area contributed by atoms with Gasteiger partial charge in [0.15, 0.2) is 5.84 Å². The number of hydrogen-bond donors (Lipinski definition) is 2. The summed E-state index contributed by atoms with van der Waals surface area (Å²) in [5, 5.41) is 19.9. The summed E-state index contributed by atoms with van der Waals surface area (Å²) < 4.78 is 1.41. The Morgan fingerprint density at radius 3 is 2.82 bits per heavy atom. The molecule has 1 amide bonds. The Labute approximate surface area is 97.8 Å². The molecule has 2 aromatic rings. The summed E-state index contributed by atoms with van der Waals surface area (Å²) in [6.07, 6.45) is 1.50. The van der Waals surface area contributed by atoms with Crippen LogP contribution in [0.2, 0.25) is 0 Å². The number of fused-ring (bicyclic) bond motifs is 1. The van der Waals surface area contributed by atoms with Crippen LogP contribution in [0.3, 0.4) is 0 Å². The number of aromatic nitrogens is 1. The minimum absolute atomic E-state index is 0.204. The minimum atomic E-state index is -0.491. The molecule has 1 heterocycles. The van der Waals surface area contributed by atoms with E-state index in [1.807, 2.05) is 6.07 Å². The average molecular weight is 226 g/mol. The highest BCUT2D eigenvalue weighted by molar-refractivity contribution is 6.38. The van der Waals surface area contributed by atoms with E-state index in [1.165, 1.54) is 17.8 Å². The molecule has 0 unspecified atom stereocenters. The quantitative estimate of drug-likeness (QED) is 0.520. The molecule has 5 heteroatoms. The second-order valence-corrected chi connectivity index (χ2v) is 3.47. The third-order valence-corrected chi connectivity index (χ3v) is 2.52. The fourth-order valence-electron chi connectivity index (χ4n) is 1.68. The molecule has 0 aliphatic rings. The number of hydrogen-bond acceptors (Lipinski definition) is 3. The molecule has 17 heavy (non-hydrogen) atoms. The van der Waals surface area contributed by atoms with Crippen LogP contribution in [0.1, 0.15) is 5.56 Å². The fourth-order valence-corrected chi connectivity index (χ4v) is 1.68. The van der Waals surface area contributed by atoms with Gasteiger partial charge in [-0.05, 0) is 6.07 Å². The van der Waals surface area contributed by atoms with Crippen LogP contribution in [-0.4, -0.2) is 23.4 Å². The Balaban J connectivity index is 2.67. The largest absolute Gasteiger partial charge is 0.352 e. The van der Waals surface area contributed by atoms with Crippen molar-refractivity contribution in [1.82, 2.24) is 9.88 Å². The van der Waals surface area contributed by atoms with E-state index >= 15 is 0 Å². The van der Waals surface area contributed by atoms with E-state index in [9.17, 15) is 4.79 Å². The van der Waals surface area contributed by atoms with E-state index in [-0.39, 0.29) is 5.84 Å². The van der Waals surface area contributed by atoms with Crippen molar-refractivity contribution in [2.24, 2.45) is 0 Å². The molecule has 0 bridgehead atoms. The smallest absolute Gasteiger partial charge is 0.286 e. The molecule has 0 aliphatic heterocycles. The van der Waals surface area contributed by atoms with Gasteiger partial charge in [0.25, 0.3) is 5.91 Å². The van der Waals surface area contributed by atoms with Gasteiger partial charge in [0.1, 0.15) is 6.07 Å². The summed E-state index contributed by atoms with van der Waals surface area (Å²) >= 11 is 0. The maximum atomic E-state index is 11.4. The van der Waals surface area contributed by atoms with Gasteiger partial charge in [-0.3, -0.25) is 14.8 Å². The number of carbonyl (C=O) groups excluding carboxylic acids is 1. The van der Waals surface area contributed by atoms with Gasteiger partial charge in [-0.25, -0.2) is 0 Å². The molecule has 0 saturated carbocycles. The van der Waals surface area contributed by atoms with Crippen molar-refractivity contribution in [3.63, 3.8) is 0 Å². The lowest BCUT2D eigenvalue weighted by molar-refractivity contribution is -0.114. The standard InChI is InChI=1S/C12H10N4O/c1-15-12(17)11(14)16-7-8(6-13)9-4-2-3-5-10(9)16/h2-5,7,14H,1H3,(H,15,17). The monoisotopic (exact) mass is 226 g/mol. The first-order valence-corrected chi connectivity index (χ1v) is 5.00. The number of nitriles is 1. The topological polar surface area (TPSA) is 81.7 Å². The second-order valence-electron chi connectivity index (χ2n) is 3.47. The number of para-hydroxylation sites is 1. The number of rotatable bonds is 0. The first-order valence-electron chi connectivity index (χ1n) is 5.00. The van der Waals surface area contributed by atoms with E-state index in [0.29, 0.717) is 11.1 Å². The predicted molar refractivity (Wildman–Crippen MR) is 63.8 cm³/mol. The number of likely N-dealkylation sites (N-methyl/N-ethyl adjacent to an activating group) is 1. The Hall–Kier alpha value is -2.61. The van der Waals surface area contributed by atoms with Gasteiger partial charge >= 0.3 is 0 Å². The van der Waals surface area contributed by atoms with Crippen molar-refractivity contribution < 1.29 is 4.79 Å². The summed E-state index contributed by atoms with van der Waals surface area (Å²) in [6.45, 7) is 0. The number of nitrogens with one attached hydrogen (secondary N) is 2. The van der Waals surface area contributed by atoms with E-state index in [1.54, 1.807) is 18.2 Å². The van der Waals surface area contributed by atoms with Crippen molar-refractivity contribution in [2.75, 3.05) is 7.05 Å². The third kappa shape index (κ3) is 1.66. The van der Waals surface area contributed by atoms with Gasteiger partial charge in [-0.1, -0.05) is 18.2 Å². The van der Waals surface area contributed by atoms with Crippen LogP contribution in [0, 0.1) is 16.7 Å². The molecule has 2 rings (SSSR count). The van der Waals surface area contributed by atoms with Crippen LogP contribution in [0.25, 0.3) is 10.9 Å². The Kier molecular flexibility index (Phi) is 2.63. The molecular formula is C12H10N4O. The number of benzene rings is 1. The first-order chi connectivity index (χ1) is 8.19. The van der Waals surface area contributed by atoms with Crippen molar-refractivity contribution in [3.8, 4) is 6.07 Å². The van der Waals surface area contributed by atoms with Crippen molar-refractivity contribution in [1.29, 1.82) is 10.7 Å². The zero-order valence-electron chi connectivity index (χ0n) is 9.19. The summed E-state index contributed by atoms with van der Waals surface area (Å²) in [6, 6.07) is 9.24. The molecule has 0 aliphatic carbocycles. The molecule has 5 nitrogen and oxygen atoms in total. The van der Waals surface area contributed by atoms with Gasteiger partial charge in [0, 0.05) is 18.6 Å². The molecule has 1 aromatic carbocycles. The fraction of sp³-hybridized carbons (Fsp3) is 0.0833. The van der Waals surface area contributed by atoms with Gasteiger partial charge in [-0.15, -0.1) is 0 Å². The van der Waals surface area contributed by atoms with E-state index in [0.717, 1.165) is 5.39 Å². The molecular weight excluding hydrogens is 216 g/mol. The molecule has 1 aromatic heterocycles. The van der Waals surface area contributed by atoms with Gasteiger partial charge in [0.2, 0.25) is 0 Å². The Morgan fingerprint density at radius 1 is 1.47 bits per heavy atom. The summed E-state index contributed by atoms with van der Waals surface area (Å²) in [5.74, 6) is -0.694. The lowest BCUT2D eigenvalue weighted by Crippen LogP contribution is -2.31. The highest BCUT2D eigenvalue weighted by atomic mass is 16.2. The first kappa shape index (κ1) is 10.9. The van der Waals surface area contributed by atoms with Crippen molar-refractivity contribution in [3.05, 3.63) is 36.0 Å². The molecule has 0 atom stereocenters. The van der Waals surface area contributed by atoms with Crippen LogP contribution in [0.15, 0.2) is 30.5 Å². The molecule has 0 saturated heterocycles. The highest BCUT2D eigenvalue weighted by Crippen LogP contribution is 2.20. The van der Waals surface area contributed by atoms with E-state index < -0.39 is 5.91 Å². The van der Waals surface area contributed by atoms with Crippen LogP contribution in [-0.2, 0) is 4.79 Å². The van der Waals surface area contributed by atoms with E-state index in [2.05, 4.69) is 11.4 Å². The predicted octanol–water partition coefficient (Wildman–Crippen LogP) is 1.08. The van der Waals surface area contributed by atoms with Crippen LogP contribution in [0.4, 0.5) is 0 Å². The molecule has 2 N–H and O–H groups in total. The highest BCUT2D eigenvalue weighted by Gasteiger charge is 2.15. The summed E-state index contributed by atoms with van der Waals surface area (Å²) in [5.41, 5.74) is 1.13. The van der Waals surface area contributed by atoms with Crippen LogP contribution in [0.5, 0.6) is 0 Å². The maximum Gasteiger partial charge on any atom is 0.286 e. The SMILES string of the molecule is CNC(=O)C(=N)n1cc(C#N)c2ccccc21. The molecule has 0 spiro atoms. The third-order valence-electron chi connectivity index (χ3n) is 2.52. The van der Waals surface area contributed by atoms with Crippen LogP contribution < -0.4 is 5.32 Å². The zero-order chi connectivity index (χ0) is 12.4.